The van der Waals surface area contributed by atoms with Gasteiger partial charge in [-0.15, -0.1) is 0 Å². The van der Waals surface area contributed by atoms with E-state index >= 15 is 0 Å². The summed E-state index contributed by atoms with van der Waals surface area (Å²) in [6, 6.07) is 8.80. The number of benzene rings is 1. The average molecular weight is 538 g/mol. The van der Waals surface area contributed by atoms with Crippen LogP contribution in [-0.2, 0) is 39.7 Å². The van der Waals surface area contributed by atoms with E-state index in [1.165, 1.54) is 42.9 Å². The van der Waals surface area contributed by atoms with Crippen LogP contribution in [0.4, 0.5) is 4.39 Å². The van der Waals surface area contributed by atoms with E-state index in [1.54, 1.807) is 16.7 Å². The molecular weight excluding hydrogens is 517 g/mol. The SMILES string of the molecule is Cn1c(=O)c2c(-c3cccc(F)c3)n3c(c2n(C)c1=O)C(c1ccc(Cl)o1)O[C@@H](COS(C)(=O)=O)C3. The van der Waals surface area contributed by atoms with Crippen LogP contribution in [0.25, 0.3) is 22.2 Å². The maximum absolute atomic E-state index is 14.3. The van der Waals surface area contributed by atoms with Gasteiger partial charge in [-0.3, -0.25) is 18.1 Å². The van der Waals surface area contributed by atoms with Crippen molar-refractivity contribution in [3.05, 3.63) is 79.7 Å². The lowest BCUT2D eigenvalue weighted by molar-refractivity contribution is -0.0531. The molecule has 13 heteroatoms. The number of rotatable bonds is 5. The van der Waals surface area contributed by atoms with E-state index in [4.69, 9.17) is 24.9 Å². The first-order chi connectivity index (χ1) is 17.0. The number of hydrogen-bond donors (Lipinski definition) is 0. The summed E-state index contributed by atoms with van der Waals surface area (Å²) in [7, 11) is -0.899. The molecule has 1 unspecified atom stereocenters. The van der Waals surface area contributed by atoms with Crippen molar-refractivity contribution in [3.8, 4) is 11.3 Å². The number of furan rings is 1. The Bertz CT molecular complexity index is 1730. The minimum atomic E-state index is -3.78. The van der Waals surface area contributed by atoms with Crippen LogP contribution in [0, 0.1) is 5.82 Å². The van der Waals surface area contributed by atoms with Crippen molar-refractivity contribution in [1.82, 2.24) is 13.7 Å². The zero-order valence-corrected chi connectivity index (χ0v) is 21.0. The van der Waals surface area contributed by atoms with E-state index < -0.39 is 39.4 Å². The highest BCUT2D eigenvalue weighted by Crippen LogP contribution is 2.42. The monoisotopic (exact) mass is 537 g/mol. The highest BCUT2D eigenvalue weighted by atomic mass is 35.5. The van der Waals surface area contributed by atoms with Crippen molar-refractivity contribution < 1.29 is 26.1 Å². The lowest BCUT2D eigenvalue weighted by atomic mass is 10.1. The normalized spacial score (nSPS) is 18.0. The number of halogens is 2. The molecule has 5 rings (SSSR count). The molecule has 10 nitrogen and oxygen atoms in total. The molecule has 1 aliphatic heterocycles. The van der Waals surface area contributed by atoms with Gasteiger partial charge in [0.15, 0.2) is 11.3 Å². The molecule has 0 saturated heterocycles. The maximum atomic E-state index is 14.3. The third kappa shape index (κ3) is 4.09. The standard InChI is InChI=1S/C23H21ClFN3O7S/c1-26-19-17(22(29)27(2)23(26)30)18(12-5-4-6-13(25)9-12)28-10-14(11-33-36(3,31)32)34-21(20(19)28)15-7-8-16(24)35-15/h4-9,14,21H,10-11H2,1-3H3/t14-,21?/m1/s1. The highest BCUT2D eigenvalue weighted by Gasteiger charge is 2.38. The lowest BCUT2D eigenvalue weighted by Crippen LogP contribution is -2.37. The summed E-state index contributed by atoms with van der Waals surface area (Å²) in [6.45, 7) is -0.273. The van der Waals surface area contributed by atoms with E-state index in [2.05, 4.69) is 0 Å². The Morgan fingerprint density at radius 3 is 2.56 bits per heavy atom. The first kappa shape index (κ1) is 24.5. The molecule has 2 atom stereocenters. The van der Waals surface area contributed by atoms with Gasteiger partial charge in [0.05, 0.1) is 41.7 Å². The van der Waals surface area contributed by atoms with Gasteiger partial charge < -0.3 is 13.7 Å². The number of aromatic nitrogens is 3. The molecule has 0 radical (unpaired) electrons. The van der Waals surface area contributed by atoms with Gasteiger partial charge in [0.1, 0.15) is 17.7 Å². The van der Waals surface area contributed by atoms with Gasteiger partial charge in [-0.05, 0) is 35.9 Å². The summed E-state index contributed by atoms with van der Waals surface area (Å²) in [5.41, 5.74) is 0.291. The highest BCUT2D eigenvalue weighted by molar-refractivity contribution is 7.85. The van der Waals surface area contributed by atoms with E-state index in [0.29, 0.717) is 17.0 Å². The van der Waals surface area contributed by atoms with Gasteiger partial charge in [-0.1, -0.05) is 12.1 Å². The minimum absolute atomic E-state index is 0.0493. The molecule has 0 spiro atoms. The summed E-state index contributed by atoms with van der Waals surface area (Å²) in [6.07, 6.45) is -0.870. The molecule has 4 heterocycles. The summed E-state index contributed by atoms with van der Waals surface area (Å²) in [5, 5.41) is 0.261. The van der Waals surface area contributed by atoms with Crippen molar-refractivity contribution in [3.63, 3.8) is 0 Å². The fourth-order valence-electron chi connectivity index (χ4n) is 4.60. The van der Waals surface area contributed by atoms with Crippen molar-refractivity contribution in [2.45, 2.75) is 18.8 Å². The Morgan fingerprint density at radius 2 is 1.92 bits per heavy atom. The van der Waals surface area contributed by atoms with Crippen LogP contribution in [0.15, 0.2) is 50.4 Å². The van der Waals surface area contributed by atoms with Crippen molar-refractivity contribution >= 4 is 32.6 Å². The third-order valence-corrected chi connectivity index (χ3v) is 6.85. The molecule has 1 aliphatic rings. The van der Waals surface area contributed by atoms with E-state index in [0.717, 1.165) is 10.8 Å². The number of hydrogen-bond acceptors (Lipinski definition) is 7. The summed E-state index contributed by atoms with van der Waals surface area (Å²) in [5.74, 6) is -0.250. The largest absolute Gasteiger partial charge is 0.446 e. The van der Waals surface area contributed by atoms with Gasteiger partial charge >= 0.3 is 5.69 Å². The summed E-state index contributed by atoms with van der Waals surface area (Å²) in [4.78, 5) is 26.3. The first-order valence-electron chi connectivity index (χ1n) is 10.8. The Morgan fingerprint density at radius 1 is 1.17 bits per heavy atom. The fraction of sp³-hybridized carbons (Fsp3) is 0.304. The molecule has 0 N–H and O–H groups in total. The zero-order valence-electron chi connectivity index (χ0n) is 19.4. The third-order valence-electron chi connectivity index (χ3n) is 6.09. The quantitative estimate of drug-likeness (QED) is 0.359. The van der Waals surface area contributed by atoms with E-state index in [1.807, 2.05) is 0 Å². The average Bonchev–Trinajstić information content (AvgIpc) is 3.40. The van der Waals surface area contributed by atoms with E-state index in [9.17, 15) is 22.4 Å². The van der Waals surface area contributed by atoms with Gasteiger partial charge in [0.25, 0.3) is 15.7 Å². The lowest BCUT2D eigenvalue weighted by Gasteiger charge is -2.32. The van der Waals surface area contributed by atoms with Gasteiger partial charge in [0, 0.05) is 19.7 Å². The number of nitrogens with zero attached hydrogens (tertiary/aromatic N) is 3. The molecule has 190 valence electrons. The van der Waals surface area contributed by atoms with Crippen molar-refractivity contribution in [2.24, 2.45) is 14.1 Å². The Balaban J connectivity index is 1.87. The van der Waals surface area contributed by atoms with Crippen LogP contribution >= 0.6 is 11.6 Å². The maximum Gasteiger partial charge on any atom is 0.331 e. The smallest absolute Gasteiger partial charge is 0.331 e. The Kier molecular flexibility index (Phi) is 5.94. The molecule has 0 aliphatic carbocycles. The number of fused-ring (bicyclic) bond motifs is 3. The fourth-order valence-corrected chi connectivity index (χ4v) is 5.15. The van der Waals surface area contributed by atoms with Crippen LogP contribution in [0.5, 0.6) is 0 Å². The van der Waals surface area contributed by atoms with Gasteiger partial charge in [0.2, 0.25) is 0 Å². The van der Waals surface area contributed by atoms with E-state index in [-0.39, 0.29) is 35.0 Å². The molecule has 0 fully saturated rings. The van der Waals surface area contributed by atoms with Crippen molar-refractivity contribution in [1.29, 1.82) is 0 Å². The van der Waals surface area contributed by atoms with Crippen molar-refractivity contribution in [2.75, 3.05) is 12.9 Å². The zero-order chi connectivity index (χ0) is 25.9. The topological polar surface area (TPSA) is 115 Å². The predicted molar refractivity (Wildman–Crippen MR) is 129 cm³/mol. The molecular formula is C23H21ClFN3O7S. The molecule has 0 bridgehead atoms. The van der Waals surface area contributed by atoms with Crippen LogP contribution < -0.4 is 11.2 Å². The molecule has 3 aromatic heterocycles. The Hall–Kier alpha value is -3.19. The van der Waals surface area contributed by atoms with Crippen LogP contribution in [0.3, 0.4) is 0 Å². The van der Waals surface area contributed by atoms with Crippen LogP contribution in [0.2, 0.25) is 5.22 Å². The number of ether oxygens (including phenoxy) is 1. The summed E-state index contributed by atoms with van der Waals surface area (Å²) < 4.78 is 58.4. The molecule has 0 amide bonds. The van der Waals surface area contributed by atoms with Crippen LogP contribution in [0.1, 0.15) is 17.6 Å². The summed E-state index contributed by atoms with van der Waals surface area (Å²) >= 11 is 6.02. The second-order valence-corrected chi connectivity index (χ2v) is 10.6. The second-order valence-electron chi connectivity index (χ2n) is 8.55. The number of aryl methyl sites for hydroxylation is 1. The molecule has 0 saturated carbocycles. The van der Waals surface area contributed by atoms with Gasteiger partial charge in [-0.25, -0.2) is 9.18 Å². The van der Waals surface area contributed by atoms with Crippen LogP contribution in [-0.4, -0.2) is 41.1 Å². The van der Waals surface area contributed by atoms with Gasteiger partial charge in [-0.2, -0.15) is 8.42 Å². The first-order valence-corrected chi connectivity index (χ1v) is 13.0. The second kappa shape index (κ2) is 8.73. The molecule has 1 aromatic carbocycles. The minimum Gasteiger partial charge on any atom is -0.446 e. The molecule has 4 aromatic rings. The predicted octanol–water partition coefficient (Wildman–Crippen LogP) is 2.56. The Labute approximate surface area is 209 Å². The molecule has 36 heavy (non-hydrogen) atoms.